The number of hydrogen-bond acceptors (Lipinski definition) is 5. The van der Waals surface area contributed by atoms with Crippen LogP contribution in [-0.4, -0.2) is 49.2 Å². The van der Waals surface area contributed by atoms with Crippen LogP contribution in [0, 0.1) is 0 Å². The summed E-state index contributed by atoms with van der Waals surface area (Å²) in [7, 11) is 0. The molecule has 3 aliphatic rings. The van der Waals surface area contributed by atoms with Crippen LogP contribution in [0.25, 0.3) is 0 Å². The standard InChI is InChI=1S/C20H25N5O3/c26-18-15(7-4-9-21-18)19(27)24-10-8-20(12-24)13-25-16(11-28-20)22-23-17(25)14-5-2-1-3-6-14/h4,7,9,14H,1-3,5-6,8,10-13H2,(H,21,26). The highest BCUT2D eigenvalue weighted by molar-refractivity contribution is 5.94. The second kappa shape index (κ2) is 6.84. The average molecular weight is 383 g/mol. The van der Waals surface area contributed by atoms with Gasteiger partial charge in [0.05, 0.1) is 13.1 Å². The molecule has 148 valence electrons. The first kappa shape index (κ1) is 17.6. The molecule has 8 nitrogen and oxygen atoms in total. The molecule has 28 heavy (non-hydrogen) atoms. The Hall–Kier alpha value is -2.48. The van der Waals surface area contributed by atoms with Crippen molar-refractivity contribution in [2.45, 2.75) is 63.2 Å². The summed E-state index contributed by atoms with van der Waals surface area (Å²) in [4.78, 5) is 29.1. The summed E-state index contributed by atoms with van der Waals surface area (Å²) < 4.78 is 8.44. The lowest BCUT2D eigenvalue weighted by atomic mass is 9.88. The number of amides is 1. The van der Waals surface area contributed by atoms with Gasteiger partial charge in [0, 0.05) is 18.7 Å². The van der Waals surface area contributed by atoms with Crippen molar-refractivity contribution in [3.63, 3.8) is 0 Å². The molecule has 1 spiro atoms. The van der Waals surface area contributed by atoms with Crippen molar-refractivity contribution in [1.82, 2.24) is 24.6 Å². The van der Waals surface area contributed by atoms with E-state index in [9.17, 15) is 9.59 Å². The number of rotatable bonds is 2. The van der Waals surface area contributed by atoms with Gasteiger partial charge in [-0.2, -0.15) is 0 Å². The van der Waals surface area contributed by atoms with Gasteiger partial charge in [-0.1, -0.05) is 19.3 Å². The van der Waals surface area contributed by atoms with Crippen LogP contribution < -0.4 is 5.56 Å². The Balaban J connectivity index is 1.36. The number of ether oxygens (including phenoxy) is 1. The van der Waals surface area contributed by atoms with E-state index in [0.29, 0.717) is 32.2 Å². The molecular formula is C20H25N5O3. The van der Waals surface area contributed by atoms with Crippen LogP contribution in [0.4, 0.5) is 0 Å². The molecule has 1 atom stereocenters. The van der Waals surface area contributed by atoms with Crippen LogP contribution in [0.15, 0.2) is 23.1 Å². The molecule has 1 amide bonds. The molecule has 1 N–H and O–H groups in total. The molecule has 2 aromatic rings. The first-order chi connectivity index (χ1) is 13.7. The minimum Gasteiger partial charge on any atom is -0.363 e. The number of carbonyl (C=O) groups is 1. The number of aromatic nitrogens is 4. The Morgan fingerprint density at radius 1 is 1.21 bits per heavy atom. The summed E-state index contributed by atoms with van der Waals surface area (Å²) in [5.41, 5.74) is -0.586. The molecular weight excluding hydrogens is 358 g/mol. The van der Waals surface area contributed by atoms with Crippen LogP contribution in [0.2, 0.25) is 0 Å². The lowest BCUT2D eigenvalue weighted by Crippen LogP contribution is -2.45. The van der Waals surface area contributed by atoms with Crippen molar-refractivity contribution in [1.29, 1.82) is 0 Å². The predicted molar refractivity (Wildman–Crippen MR) is 101 cm³/mol. The van der Waals surface area contributed by atoms with Crippen molar-refractivity contribution in [3.8, 4) is 0 Å². The van der Waals surface area contributed by atoms with Crippen molar-refractivity contribution in [2.24, 2.45) is 0 Å². The molecule has 2 aliphatic heterocycles. The zero-order valence-electron chi connectivity index (χ0n) is 15.9. The highest BCUT2D eigenvalue weighted by Gasteiger charge is 2.45. The molecule has 5 rings (SSSR count). The van der Waals surface area contributed by atoms with E-state index in [1.54, 1.807) is 17.0 Å². The van der Waals surface area contributed by atoms with Gasteiger partial charge in [-0.25, -0.2) is 0 Å². The third kappa shape index (κ3) is 2.96. The van der Waals surface area contributed by atoms with Gasteiger partial charge in [0.1, 0.15) is 23.6 Å². The Labute approximate surface area is 162 Å². The second-order valence-corrected chi connectivity index (χ2v) is 8.26. The maximum atomic E-state index is 12.8. The molecule has 1 unspecified atom stereocenters. The van der Waals surface area contributed by atoms with Crippen LogP contribution in [0.3, 0.4) is 0 Å². The molecule has 2 fully saturated rings. The van der Waals surface area contributed by atoms with Crippen LogP contribution in [0.1, 0.15) is 66.4 Å². The summed E-state index contributed by atoms with van der Waals surface area (Å²) >= 11 is 0. The van der Waals surface area contributed by atoms with Crippen molar-refractivity contribution in [3.05, 3.63) is 45.9 Å². The van der Waals surface area contributed by atoms with E-state index in [4.69, 9.17) is 4.74 Å². The number of nitrogens with zero attached hydrogens (tertiary/aromatic N) is 4. The van der Waals surface area contributed by atoms with Crippen molar-refractivity contribution in [2.75, 3.05) is 13.1 Å². The van der Waals surface area contributed by atoms with E-state index >= 15 is 0 Å². The molecule has 0 bridgehead atoms. The van der Waals surface area contributed by atoms with Gasteiger partial charge in [0.2, 0.25) is 0 Å². The minimum absolute atomic E-state index is 0.184. The van der Waals surface area contributed by atoms with Crippen LogP contribution in [-0.2, 0) is 17.9 Å². The first-order valence-electron chi connectivity index (χ1n) is 10.2. The first-order valence-corrected chi connectivity index (χ1v) is 10.2. The normalized spacial score (nSPS) is 25.2. The molecule has 2 aromatic heterocycles. The van der Waals surface area contributed by atoms with Gasteiger partial charge in [0.25, 0.3) is 11.5 Å². The quantitative estimate of drug-likeness (QED) is 0.854. The Morgan fingerprint density at radius 3 is 2.89 bits per heavy atom. The summed E-state index contributed by atoms with van der Waals surface area (Å²) in [5, 5.41) is 8.86. The summed E-state index contributed by atoms with van der Waals surface area (Å²) in [6, 6.07) is 3.25. The van der Waals surface area contributed by atoms with E-state index < -0.39 is 5.60 Å². The number of nitrogens with one attached hydrogen (secondary N) is 1. The number of carbonyl (C=O) groups excluding carboxylic acids is 1. The number of hydrogen-bond donors (Lipinski definition) is 1. The summed E-state index contributed by atoms with van der Waals surface area (Å²) in [6.45, 7) is 2.18. The number of fused-ring (bicyclic) bond motifs is 1. The number of aromatic amines is 1. The highest BCUT2D eigenvalue weighted by atomic mass is 16.5. The topological polar surface area (TPSA) is 93.1 Å². The lowest BCUT2D eigenvalue weighted by Gasteiger charge is -2.35. The fourth-order valence-corrected chi connectivity index (χ4v) is 4.87. The maximum Gasteiger partial charge on any atom is 0.260 e. The molecule has 4 heterocycles. The SMILES string of the molecule is O=C(c1ccc[nH]c1=O)N1CCC2(C1)Cn1c(nnc1C1CCCCC1)CO2. The third-order valence-electron chi connectivity index (χ3n) is 6.43. The fraction of sp³-hybridized carbons (Fsp3) is 0.600. The molecule has 8 heteroatoms. The van der Waals surface area contributed by atoms with E-state index in [0.717, 1.165) is 18.1 Å². The lowest BCUT2D eigenvalue weighted by molar-refractivity contribution is -0.0817. The summed E-state index contributed by atoms with van der Waals surface area (Å²) in [6.07, 6.45) is 8.45. The van der Waals surface area contributed by atoms with E-state index in [2.05, 4.69) is 19.7 Å². The number of likely N-dealkylation sites (tertiary alicyclic amines) is 1. The second-order valence-electron chi connectivity index (χ2n) is 8.26. The van der Waals surface area contributed by atoms with Gasteiger partial charge in [-0.15, -0.1) is 10.2 Å². The minimum atomic E-state index is -0.421. The molecule has 1 saturated heterocycles. The Morgan fingerprint density at radius 2 is 2.07 bits per heavy atom. The molecule has 1 aliphatic carbocycles. The van der Waals surface area contributed by atoms with Gasteiger partial charge in [-0.3, -0.25) is 9.59 Å². The van der Waals surface area contributed by atoms with Gasteiger partial charge >= 0.3 is 0 Å². The zero-order valence-corrected chi connectivity index (χ0v) is 15.9. The van der Waals surface area contributed by atoms with E-state index in [-0.39, 0.29) is 17.0 Å². The number of H-pyrrole nitrogens is 1. The smallest absolute Gasteiger partial charge is 0.260 e. The van der Waals surface area contributed by atoms with Crippen LogP contribution >= 0.6 is 0 Å². The van der Waals surface area contributed by atoms with E-state index in [1.807, 2.05) is 0 Å². The van der Waals surface area contributed by atoms with Crippen molar-refractivity contribution >= 4 is 5.91 Å². The Bertz CT molecular complexity index is 945. The number of pyridine rings is 1. The maximum absolute atomic E-state index is 12.8. The zero-order chi connectivity index (χ0) is 19.1. The Kier molecular flexibility index (Phi) is 4.30. The third-order valence-corrected chi connectivity index (χ3v) is 6.43. The van der Waals surface area contributed by atoms with E-state index in [1.165, 1.54) is 38.3 Å². The van der Waals surface area contributed by atoms with Crippen LogP contribution in [0.5, 0.6) is 0 Å². The summed E-state index contributed by atoms with van der Waals surface area (Å²) in [5.74, 6) is 2.22. The molecule has 0 aromatic carbocycles. The highest BCUT2D eigenvalue weighted by Crippen LogP contribution is 2.37. The molecule has 0 radical (unpaired) electrons. The van der Waals surface area contributed by atoms with Crippen molar-refractivity contribution < 1.29 is 9.53 Å². The average Bonchev–Trinajstić information content (AvgIpc) is 3.33. The monoisotopic (exact) mass is 383 g/mol. The van der Waals surface area contributed by atoms with Gasteiger partial charge in [-0.05, 0) is 31.4 Å². The largest absolute Gasteiger partial charge is 0.363 e. The van der Waals surface area contributed by atoms with Gasteiger partial charge in [0.15, 0.2) is 5.82 Å². The fourth-order valence-electron chi connectivity index (χ4n) is 4.87. The molecule has 1 saturated carbocycles. The predicted octanol–water partition coefficient (Wildman–Crippen LogP) is 1.83. The van der Waals surface area contributed by atoms with Gasteiger partial charge < -0.3 is 19.2 Å².